The third-order valence-corrected chi connectivity index (χ3v) is 5.97. The van der Waals surface area contributed by atoms with Crippen molar-refractivity contribution in [2.45, 2.75) is 13.0 Å². The van der Waals surface area contributed by atoms with Crippen molar-refractivity contribution >= 4 is 50.0 Å². The first kappa shape index (κ1) is 17.6. The molecule has 0 bridgehead atoms. The number of imidazole rings is 1. The van der Waals surface area contributed by atoms with Crippen molar-refractivity contribution in [3.8, 4) is 0 Å². The molecule has 136 valence electrons. The van der Waals surface area contributed by atoms with Gasteiger partial charge in [0.05, 0.1) is 16.5 Å². The van der Waals surface area contributed by atoms with Gasteiger partial charge in [-0.2, -0.15) is 0 Å². The third-order valence-electron chi connectivity index (χ3n) is 4.07. The van der Waals surface area contributed by atoms with E-state index in [1.807, 2.05) is 58.6 Å². The van der Waals surface area contributed by atoms with E-state index in [-0.39, 0.29) is 5.91 Å². The standard InChI is InChI=1S/C20H18N4OS2/c25-19(9-8-16-5-3-14-26-16)24(12-4-11-23-13-10-21-15-23)20-22-17-6-1-2-7-18(17)27-20/h1-3,5-10,13-15H,4,11-12H2. The Kier molecular flexibility index (Phi) is 5.41. The summed E-state index contributed by atoms with van der Waals surface area (Å²) in [6.07, 6.45) is 9.81. The molecule has 3 heterocycles. The van der Waals surface area contributed by atoms with Crippen molar-refractivity contribution in [3.63, 3.8) is 0 Å². The zero-order valence-electron chi connectivity index (χ0n) is 14.6. The molecule has 0 saturated carbocycles. The Hall–Kier alpha value is -2.77. The Balaban J connectivity index is 1.54. The lowest BCUT2D eigenvalue weighted by Crippen LogP contribution is -2.30. The van der Waals surface area contributed by atoms with Crippen molar-refractivity contribution in [1.82, 2.24) is 14.5 Å². The summed E-state index contributed by atoms with van der Waals surface area (Å²) in [6.45, 7) is 1.41. The SMILES string of the molecule is O=C(C=Cc1cccs1)N(CCCn1ccnc1)c1nc2ccccc2s1. The quantitative estimate of drug-likeness (QED) is 0.427. The van der Waals surface area contributed by atoms with E-state index >= 15 is 0 Å². The molecule has 5 nitrogen and oxygen atoms in total. The number of rotatable bonds is 7. The van der Waals surface area contributed by atoms with Crippen LogP contribution in [0, 0.1) is 0 Å². The number of aryl methyl sites for hydroxylation is 1. The number of hydrogen-bond acceptors (Lipinski definition) is 5. The van der Waals surface area contributed by atoms with Crippen LogP contribution in [0.4, 0.5) is 5.13 Å². The fourth-order valence-electron chi connectivity index (χ4n) is 2.74. The van der Waals surface area contributed by atoms with Gasteiger partial charge in [0.2, 0.25) is 0 Å². The minimum Gasteiger partial charge on any atom is -0.337 e. The van der Waals surface area contributed by atoms with E-state index in [4.69, 9.17) is 0 Å². The highest BCUT2D eigenvalue weighted by molar-refractivity contribution is 7.22. The lowest BCUT2D eigenvalue weighted by molar-refractivity contribution is -0.114. The summed E-state index contributed by atoms with van der Waals surface area (Å²) in [5.74, 6) is -0.0481. The lowest BCUT2D eigenvalue weighted by atomic mass is 10.3. The number of carbonyl (C=O) groups excluding carboxylic acids is 1. The minimum atomic E-state index is -0.0481. The van der Waals surface area contributed by atoms with Gasteiger partial charge in [-0.1, -0.05) is 29.5 Å². The number of hydrogen-bond donors (Lipinski definition) is 0. The lowest BCUT2D eigenvalue weighted by Gasteiger charge is -2.18. The molecule has 0 atom stereocenters. The highest BCUT2D eigenvalue weighted by atomic mass is 32.1. The maximum absolute atomic E-state index is 12.9. The van der Waals surface area contributed by atoms with Crippen LogP contribution in [0.1, 0.15) is 11.3 Å². The molecule has 3 aromatic heterocycles. The van der Waals surface area contributed by atoms with E-state index in [1.54, 1.807) is 46.2 Å². The second kappa shape index (κ2) is 8.28. The zero-order chi connectivity index (χ0) is 18.5. The summed E-state index contributed by atoms with van der Waals surface area (Å²) in [5.41, 5.74) is 0.923. The molecule has 0 radical (unpaired) electrons. The first-order chi connectivity index (χ1) is 13.3. The van der Waals surface area contributed by atoms with Crippen molar-refractivity contribution in [1.29, 1.82) is 0 Å². The molecule has 0 aliphatic carbocycles. The maximum atomic E-state index is 12.9. The van der Waals surface area contributed by atoms with Crippen LogP contribution in [-0.4, -0.2) is 27.0 Å². The fraction of sp³-hybridized carbons (Fsp3) is 0.150. The molecule has 4 aromatic rings. The highest BCUT2D eigenvalue weighted by Crippen LogP contribution is 2.29. The van der Waals surface area contributed by atoms with Gasteiger partial charge < -0.3 is 4.57 Å². The molecule has 7 heteroatoms. The van der Waals surface area contributed by atoms with Crippen LogP contribution in [0.25, 0.3) is 16.3 Å². The number of fused-ring (bicyclic) bond motifs is 1. The Bertz CT molecular complexity index is 1000. The highest BCUT2D eigenvalue weighted by Gasteiger charge is 2.17. The predicted molar refractivity (Wildman–Crippen MR) is 112 cm³/mol. The monoisotopic (exact) mass is 394 g/mol. The number of thiazole rings is 1. The molecule has 0 unspecified atom stereocenters. The van der Waals surface area contributed by atoms with Crippen molar-refractivity contribution < 1.29 is 4.79 Å². The largest absolute Gasteiger partial charge is 0.337 e. The summed E-state index contributed by atoms with van der Waals surface area (Å²) in [7, 11) is 0. The van der Waals surface area contributed by atoms with Gasteiger partial charge in [0.1, 0.15) is 0 Å². The number of amides is 1. The molecule has 0 spiro atoms. The minimum absolute atomic E-state index is 0.0481. The van der Waals surface area contributed by atoms with Crippen LogP contribution in [0.15, 0.2) is 66.6 Å². The number of anilines is 1. The van der Waals surface area contributed by atoms with Gasteiger partial charge >= 0.3 is 0 Å². The maximum Gasteiger partial charge on any atom is 0.252 e. The van der Waals surface area contributed by atoms with E-state index in [1.165, 1.54) is 0 Å². The first-order valence-corrected chi connectivity index (χ1v) is 10.3. The summed E-state index contributed by atoms with van der Waals surface area (Å²) in [6, 6.07) is 11.9. The summed E-state index contributed by atoms with van der Waals surface area (Å²) < 4.78 is 3.10. The Morgan fingerprint density at radius 2 is 2.15 bits per heavy atom. The van der Waals surface area contributed by atoms with Gasteiger partial charge in [0.25, 0.3) is 5.91 Å². The molecule has 1 amide bonds. The number of aromatic nitrogens is 3. The van der Waals surface area contributed by atoms with Gasteiger partial charge in [-0.15, -0.1) is 11.3 Å². The van der Waals surface area contributed by atoms with E-state index < -0.39 is 0 Å². The van der Waals surface area contributed by atoms with Crippen molar-refractivity contribution in [2.24, 2.45) is 0 Å². The van der Waals surface area contributed by atoms with Crippen LogP contribution in [-0.2, 0) is 11.3 Å². The number of para-hydroxylation sites is 1. The van der Waals surface area contributed by atoms with E-state index in [9.17, 15) is 4.79 Å². The van der Waals surface area contributed by atoms with Crippen LogP contribution < -0.4 is 4.90 Å². The topological polar surface area (TPSA) is 51.0 Å². The molecule has 0 N–H and O–H groups in total. The molecule has 0 fully saturated rings. The second-order valence-electron chi connectivity index (χ2n) is 5.96. The first-order valence-electron chi connectivity index (χ1n) is 8.64. The molecule has 1 aromatic carbocycles. The summed E-state index contributed by atoms with van der Waals surface area (Å²) in [5, 5.41) is 2.74. The molecular formula is C20H18N4OS2. The van der Waals surface area contributed by atoms with Crippen LogP contribution in [0.5, 0.6) is 0 Å². The second-order valence-corrected chi connectivity index (χ2v) is 7.95. The molecular weight excluding hydrogens is 376 g/mol. The average molecular weight is 395 g/mol. The molecule has 4 rings (SSSR count). The molecule has 0 aliphatic heterocycles. The van der Waals surface area contributed by atoms with E-state index in [2.05, 4.69) is 9.97 Å². The van der Waals surface area contributed by atoms with Gasteiger partial charge in [-0.05, 0) is 36.1 Å². The fourth-order valence-corrected chi connectivity index (χ4v) is 4.35. The van der Waals surface area contributed by atoms with E-state index in [0.717, 1.165) is 33.2 Å². The van der Waals surface area contributed by atoms with Crippen LogP contribution >= 0.6 is 22.7 Å². The van der Waals surface area contributed by atoms with Crippen LogP contribution in [0.2, 0.25) is 0 Å². The summed E-state index contributed by atoms with van der Waals surface area (Å²) >= 11 is 3.16. The van der Waals surface area contributed by atoms with Crippen molar-refractivity contribution in [3.05, 3.63) is 71.5 Å². The normalized spacial score (nSPS) is 11.4. The number of benzene rings is 1. The molecule has 0 saturated heterocycles. The Morgan fingerprint density at radius 1 is 1.22 bits per heavy atom. The zero-order valence-corrected chi connectivity index (χ0v) is 16.2. The predicted octanol–water partition coefficient (Wildman–Crippen LogP) is 4.69. The number of nitrogens with zero attached hydrogens (tertiary/aromatic N) is 4. The van der Waals surface area contributed by atoms with Crippen molar-refractivity contribution in [2.75, 3.05) is 11.4 Å². The number of carbonyl (C=O) groups is 1. The molecule has 27 heavy (non-hydrogen) atoms. The smallest absolute Gasteiger partial charge is 0.252 e. The Labute approximate surface area is 165 Å². The van der Waals surface area contributed by atoms with Gasteiger partial charge in [0, 0.05) is 36.4 Å². The Morgan fingerprint density at radius 3 is 2.93 bits per heavy atom. The van der Waals surface area contributed by atoms with Gasteiger partial charge in [0.15, 0.2) is 5.13 Å². The summed E-state index contributed by atoms with van der Waals surface area (Å²) in [4.78, 5) is 24.5. The molecule has 0 aliphatic rings. The van der Waals surface area contributed by atoms with Crippen LogP contribution in [0.3, 0.4) is 0 Å². The third kappa shape index (κ3) is 4.32. The van der Waals surface area contributed by atoms with E-state index in [0.29, 0.717) is 6.54 Å². The van der Waals surface area contributed by atoms with Gasteiger partial charge in [-0.3, -0.25) is 9.69 Å². The number of thiophene rings is 1. The van der Waals surface area contributed by atoms with Gasteiger partial charge in [-0.25, -0.2) is 9.97 Å². The average Bonchev–Trinajstić information content (AvgIpc) is 3.44.